The molecule has 5 nitrogen and oxygen atoms in total. The predicted molar refractivity (Wildman–Crippen MR) is 75.5 cm³/mol. The monoisotopic (exact) mass is 276 g/mol. The Kier molecular flexibility index (Phi) is 4.30. The van der Waals surface area contributed by atoms with E-state index in [1.165, 1.54) is 0 Å². The summed E-state index contributed by atoms with van der Waals surface area (Å²) >= 11 is 0. The van der Waals surface area contributed by atoms with Gasteiger partial charge in [-0.3, -0.25) is 0 Å². The van der Waals surface area contributed by atoms with Crippen LogP contribution in [-0.4, -0.2) is 46.7 Å². The summed E-state index contributed by atoms with van der Waals surface area (Å²) in [5.41, 5.74) is 1.99. The SMILES string of the molecule is OC(COC1CCOCC1)Cn1cnc2ccccc21. The Labute approximate surface area is 118 Å². The van der Waals surface area contributed by atoms with E-state index >= 15 is 0 Å². The van der Waals surface area contributed by atoms with E-state index in [9.17, 15) is 5.11 Å². The van der Waals surface area contributed by atoms with Gasteiger partial charge < -0.3 is 19.1 Å². The van der Waals surface area contributed by atoms with Gasteiger partial charge in [0.1, 0.15) is 0 Å². The number of aromatic nitrogens is 2. The van der Waals surface area contributed by atoms with Crippen molar-refractivity contribution in [3.05, 3.63) is 30.6 Å². The van der Waals surface area contributed by atoms with E-state index in [1.54, 1.807) is 6.33 Å². The van der Waals surface area contributed by atoms with Gasteiger partial charge in [-0.05, 0) is 25.0 Å². The highest BCUT2D eigenvalue weighted by atomic mass is 16.5. The average Bonchev–Trinajstić information content (AvgIpc) is 2.90. The normalized spacial score (nSPS) is 18.4. The third-order valence-electron chi connectivity index (χ3n) is 3.63. The summed E-state index contributed by atoms with van der Waals surface area (Å²) < 4.78 is 13.0. The number of hydrogen-bond acceptors (Lipinski definition) is 4. The average molecular weight is 276 g/mol. The van der Waals surface area contributed by atoms with Gasteiger partial charge in [-0.1, -0.05) is 12.1 Å². The summed E-state index contributed by atoms with van der Waals surface area (Å²) in [4.78, 5) is 4.32. The molecule has 0 saturated carbocycles. The summed E-state index contributed by atoms with van der Waals surface area (Å²) in [7, 11) is 0. The molecule has 1 aliphatic heterocycles. The molecule has 1 N–H and O–H groups in total. The molecule has 1 saturated heterocycles. The molecule has 0 aliphatic carbocycles. The second-order valence-electron chi connectivity index (χ2n) is 5.18. The second-order valence-corrected chi connectivity index (χ2v) is 5.18. The number of imidazole rings is 1. The lowest BCUT2D eigenvalue weighted by Gasteiger charge is -2.23. The molecule has 0 bridgehead atoms. The molecule has 1 aliphatic rings. The summed E-state index contributed by atoms with van der Waals surface area (Å²) in [5.74, 6) is 0. The smallest absolute Gasteiger partial charge is 0.0959 e. The highest BCUT2D eigenvalue weighted by molar-refractivity contribution is 5.74. The van der Waals surface area contributed by atoms with Crippen LogP contribution in [0.25, 0.3) is 11.0 Å². The Bertz CT molecular complexity index is 549. The molecule has 0 radical (unpaired) electrons. The van der Waals surface area contributed by atoms with Gasteiger partial charge in [0.25, 0.3) is 0 Å². The molecule has 1 unspecified atom stereocenters. The van der Waals surface area contributed by atoms with Crippen molar-refractivity contribution in [2.24, 2.45) is 0 Å². The molecule has 3 rings (SSSR count). The molecule has 0 amide bonds. The van der Waals surface area contributed by atoms with Crippen molar-refractivity contribution in [1.29, 1.82) is 0 Å². The predicted octanol–water partition coefficient (Wildman–Crippen LogP) is 1.59. The van der Waals surface area contributed by atoms with Crippen molar-refractivity contribution in [3.63, 3.8) is 0 Å². The molecule has 1 fully saturated rings. The highest BCUT2D eigenvalue weighted by Gasteiger charge is 2.16. The Morgan fingerprint density at radius 2 is 2.15 bits per heavy atom. The maximum atomic E-state index is 10.1. The lowest BCUT2D eigenvalue weighted by atomic mass is 10.1. The zero-order chi connectivity index (χ0) is 13.8. The van der Waals surface area contributed by atoms with Crippen molar-refractivity contribution < 1.29 is 14.6 Å². The van der Waals surface area contributed by atoms with Crippen LogP contribution in [-0.2, 0) is 16.0 Å². The third-order valence-corrected chi connectivity index (χ3v) is 3.63. The van der Waals surface area contributed by atoms with E-state index in [0.29, 0.717) is 13.2 Å². The van der Waals surface area contributed by atoms with Crippen molar-refractivity contribution in [2.45, 2.75) is 31.6 Å². The largest absolute Gasteiger partial charge is 0.389 e. The van der Waals surface area contributed by atoms with Gasteiger partial charge in [0.15, 0.2) is 0 Å². The summed E-state index contributed by atoms with van der Waals surface area (Å²) in [6.07, 6.45) is 3.30. The van der Waals surface area contributed by atoms with E-state index in [1.807, 2.05) is 28.8 Å². The first-order chi connectivity index (χ1) is 9.83. The number of nitrogens with zero attached hydrogens (tertiary/aromatic N) is 2. The van der Waals surface area contributed by atoms with Crippen LogP contribution in [0.15, 0.2) is 30.6 Å². The zero-order valence-corrected chi connectivity index (χ0v) is 11.4. The fraction of sp³-hybridized carbons (Fsp3) is 0.533. The number of rotatable bonds is 5. The van der Waals surface area contributed by atoms with Crippen LogP contribution in [0.1, 0.15) is 12.8 Å². The standard InChI is InChI=1S/C15H20N2O3/c18-12(10-20-13-5-7-19-8-6-13)9-17-11-16-14-3-1-2-4-15(14)17/h1-4,11-13,18H,5-10H2. The molecule has 108 valence electrons. The van der Waals surface area contributed by atoms with Crippen LogP contribution in [0.3, 0.4) is 0 Å². The first-order valence-corrected chi connectivity index (χ1v) is 7.10. The van der Waals surface area contributed by atoms with Gasteiger partial charge in [-0.2, -0.15) is 0 Å². The van der Waals surface area contributed by atoms with Crippen LogP contribution in [0.5, 0.6) is 0 Å². The summed E-state index contributed by atoms with van der Waals surface area (Å²) in [6, 6.07) is 7.92. The summed E-state index contributed by atoms with van der Waals surface area (Å²) in [6.45, 7) is 2.38. The number of para-hydroxylation sites is 2. The number of hydrogen-bond donors (Lipinski definition) is 1. The Morgan fingerprint density at radius 3 is 3.00 bits per heavy atom. The van der Waals surface area contributed by atoms with Crippen molar-refractivity contribution in [1.82, 2.24) is 9.55 Å². The first-order valence-electron chi connectivity index (χ1n) is 7.10. The van der Waals surface area contributed by atoms with E-state index in [4.69, 9.17) is 9.47 Å². The summed E-state index contributed by atoms with van der Waals surface area (Å²) in [5, 5.41) is 10.1. The van der Waals surface area contributed by atoms with Crippen LogP contribution in [0, 0.1) is 0 Å². The van der Waals surface area contributed by atoms with E-state index in [-0.39, 0.29) is 6.10 Å². The number of benzene rings is 1. The lowest BCUT2D eigenvalue weighted by molar-refractivity contribution is -0.0615. The molecular formula is C15H20N2O3. The quantitative estimate of drug-likeness (QED) is 0.901. The van der Waals surface area contributed by atoms with Gasteiger partial charge >= 0.3 is 0 Å². The van der Waals surface area contributed by atoms with Gasteiger partial charge in [-0.15, -0.1) is 0 Å². The molecule has 2 aromatic rings. The molecule has 5 heteroatoms. The Morgan fingerprint density at radius 1 is 1.35 bits per heavy atom. The Hall–Kier alpha value is -1.43. The van der Waals surface area contributed by atoms with Crippen molar-refractivity contribution in [3.8, 4) is 0 Å². The molecule has 0 spiro atoms. The number of fused-ring (bicyclic) bond motifs is 1. The minimum atomic E-state index is -0.518. The molecule has 20 heavy (non-hydrogen) atoms. The van der Waals surface area contributed by atoms with E-state index < -0.39 is 6.10 Å². The molecule has 1 atom stereocenters. The number of ether oxygens (including phenoxy) is 2. The molecule has 1 aromatic carbocycles. The topological polar surface area (TPSA) is 56.5 Å². The maximum Gasteiger partial charge on any atom is 0.0959 e. The molecular weight excluding hydrogens is 256 g/mol. The second kappa shape index (κ2) is 6.35. The van der Waals surface area contributed by atoms with Crippen molar-refractivity contribution >= 4 is 11.0 Å². The van der Waals surface area contributed by atoms with E-state index in [0.717, 1.165) is 37.1 Å². The van der Waals surface area contributed by atoms with Gasteiger partial charge in [0.2, 0.25) is 0 Å². The van der Waals surface area contributed by atoms with Gasteiger partial charge in [-0.25, -0.2) is 4.98 Å². The van der Waals surface area contributed by atoms with Crippen molar-refractivity contribution in [2.75, 3.05) is 19.8 Å². The first kappa shape index (κ1) is 13.5. The zero-order valence-electron chi connectivity index (χ0n) is 11.4. The van der Waals surface area contributed by atoms with Crippen LogP contribution in [0.2, 0.25) is 0 Å². The highest BCUT2D eigenvalue weighted by Crippen LogP contribution is 2.14. The number of aliphatic hydroxyl groups is 1. The van der Waals surface area contributed by atoms with Crippen LogP contribution < -0.4 is 0 Å². The molecule has 2 heterocycles. The lowest BCUT2D eigenvalue weighted by Crippen LogP contribution is -2.29. The van der Waals surface area contributed by atoms with E-state index in [2.05, 4.69) is 4.98 Å². The minimum absolute atomic E-state index is 0.220. The Balaban J connectivity index is 1.54. The fourth-order valence-electron chi connectivity index (χ4n) is 2.53. The molecule has 1 aromatic heterocycles. The third kappa shape index (κ3) is 3.17. The fourth-order valence-corrected chi connectivity index (χ4v) is 2.53. The van der Waals surface area contributed by atoms with Crippen LogP contribution >= 0.6 is 0 Å². The van der Waals surface area contributed by atoms with Gasteiger partial charge in [0.05, 0.1) is 42.7 Å². The van der Waals surface area contributed by atoms with Crippen LogP contribution in [0.4, 0.5) is 0 Å². The number of aliphatic hydroxyl groups excluding tert-OH is 1. The van der Waals surface area contributed by atoms with Gasteiger partial charge in [0, 0.05) is 13.2 Å². The maximum absolute atomic E-state index is 10.1. The minimum Gasteiger partial charge on any atom is -0.389 e.